The molecule has 0 aliphatic heterocycles. The van der Waals surface area contributed by atoms with Crippen molar-refractivity contribution >= 4 is 33.3 Å². The van der Waals surface area contributed by atoms with Crippen molar-refractivity contribution in [3.8, 4) is 0 Å². The van der Waals surface area contributed by atoms with E-state index in [1.165, 1.54) is 16.9 Å². The van der Waals surface area contributed by atoms with Gasteiger partial charge in [0.15, 0.2) is 5.16 Å². The zero-order chi connectivity index (χ0) is 15.0. The van der Waals surface area contributed by atoms with E-state index < -0.39 is 0 Å². The summed E-state index contributed by atoms with van der Waals surface area (Å²) in [5, 5.41) is 1.69. The summed E-state index contributed by atoms with van der Waals surface area (Å²) in [6.45, 7) is 8.67. The van der Waals surface area contributed by atoms with Gasteiger partial charge in [0.2, 0.25) is 0 Å². The fourth-order valence-corrected chi connectivity index (χ4v) is 5.09. The Bertz CT molecular complexity index is 745. The highest BCUT2D eigenvalue weighted by molar-refractivity contribution is 7.99. The molecule has 3 rings (SSSR count). The Balaban J connectivity index is 2.25. The number of thioether (sulfide) groups is 1. The molecule has 21 heavy (non-hydrogen) atoms. The van der Waals surface area contributed by atoms with Crippen LogP contribution < -0.4 is 5.56 Å². The Kier molecular flexibility index (Phi) is 4.22. The van der Waals surface area contributed by atoms with Gasteiger partial charge in [0.25, 0.3) is 5.56 Å². The predicted molar refractivity (Wildman–Crippen MR) is 91.7 cm³/mol. The maximum absolute atomic E-state index is 12.9. The van der Waals surface area contributed by atoms with Crippen molar-refractivity contribution in [3.05, 3.63) is 33.4 Å². The van der Waals surface area contributed by atoms with Crippen molar-refractivity contribution in [1.29, 1.82) is 0 Å². The van der Waals surface area contributed by atoms with Gasteiger partial charge < -0.3 is 0 Å². The van der Waals surface area contributed by atoms with Crippen molar-refractivity contribution in [1.82, 2.24) is 9.55 Å². The second kappa shape index (κ2) is 5.97. The molecule has 0 saturated heterocycles. The number of allylic oxidation sites excluding steroid dienone is 1. The van der Waals surface area contributed by atoms with Crippen LogP contribution >= 0.6 is 23.1 Å². The summed E-state index contributed by atoms with van der Waals surface area (Å²) in [7, 11) is 0. The highest BCUT2D eigenvalue weighted by Crippen LogP contribution is 2.36. The Morgan fingerprint density at radius 1 is 1.57 bits per heavy atom. The molecule has 0 saturated carbocycles. The molecule has 0 bridgehead atoms. The fourth-order valence-electron chi connectivity index (χ4n) is 2.93. The first kappa shape index (κ1) is 14.9. The third kappa shape index (κ3) is 2.57. The topological polar surface area (TPSA) is 34.9 Å². The zero-order valence-corrected chi connectivity index (χ0v) is 14.1. The van der Waals surface area contributed by atoms with E-state index in [2.05, 4.69) is 20.4 Å². The minimum absolute atomic E-state index is 0.114. The van der Waals surface area contributed by atoms with Crippen LogP contribution in [0.15, 0.2) is 22.6 Å². The molecule has 0 radical (unpaired) electrons. The normalized spacial score (nSPS) is 17.9. The molecule has 0 fully saturated rings. The van der Waals surface area contributed by atoms with Gasteiger partial charge in [0, 0.05) is 11.4 Å². The van der Waals surface area contributed by atoms with E-state index in [0.29, 0.717) is 12.5 Å². The Labute approximate surface area is 133 Å². The predicted octanol–water partition coefficient (Wildman–Crippen LogP) is 3.88. The summed E-state index contributed by atoms with van der Waals surface area (Å²) in [5.41, 5.74) is 1.37. The second-order valence-corrected chi connectivity index (χ2v) is 7.88. The number of rotatable bonds is 4. The van der Waals surface area contributed by atoms with Gasteiger partial charge in [-0.05, 0) is 36.5 Å². The summed E-state index contributed by atoms with van der Waals surface area (Å²) in [5.74, 6) is 1.63. The molecule has 1 atom stereocenters. The number of fused-ring (bicyclic) bond motifs is 3. The molecule has 0 N–H and O–H groups in total. The number of nitrogens with zero attached hydrogens (tertiary/aromatic N) is 2. The van der Waals surface area contributed by atoms with Crippen LogP contribution in [0.25, 0.3) is 10.2 Å². The quantitative estimate of drug-likeness (QED) is 0.487. The first-order chi connectivity index (χ1) is 10.2. The van der Waals surface area contributed by atoms with Gasteiger partial charge in [0.05, 0.1) is 5.39 Å². The molecule has 1 aliphatic carbocycles. The molecule has 0 amide bonds. The highest BCUT2D eigenvalue weighted by Gasteiger charge is 2.24. The highest BCUT2D eigenvalue weighted by atomic mass is 32.2. The van der Waals surface area contributed by atoms with Crippen LogP contribution in [-0.4, -0.2) is 15.3 Å². The Morgan fingerprint density at radius 2 is 2.38 bits per heavy atom. The van der Waals surface area contributed by atoms with Gasteiger partial charge in [-0.15, -0.1) is 17.9 Å². The van der Waals surface area contributed by atoms with E-state index in [9.17, 15) is 4.79 Å². The smallest absolute Gasteiger partial charge is 0.263 e. The lowest BCUT2D eigenvalue weighted by atomic mass is 9.89. The van der Waals surface area contributed by atoms with Crippen molar-refractivity contribution < 1.29 is 0 Å². The van der Waals surface area contributed by atoms with Crippen LogP contribution in [-0.2, 0) is 19.4 Å². The largest absolute Gasteiger partial charge is 0.283 e. The molecular weight excluding hydrogens is 300 g/mol. The number of hydrogen-bond acceptors (Lipinski definition) is 4. The zero-order valence-electron chi connectivity index (χ0n) is 12.5. The van der Waals surface area contributed by atoms with Crippen molar-refractivity contribution in [3.63, 3.8) is 0 Å². The lowest BCUT2D eigenvalue weighted by Crippen LogP contribution is -2.23. The lowest BCUT2D eigenvalue weighted by molar-refractivity contribution is 0.509. The van der Waals surface area contributed by atoms with Crippen molar-refractivity contribution in [2.45, 2.75) is 44.8 Å². The summed E-state index contributed by atoms with van der Waals surface area (Å²) < 4.78 is 1.77. The summed E-state index contributed by atoms with van der Waals surface area (Å²) in [4.78, 5) is 20.0. The molecule has 1 aliphatic rings. The van der Waals surface area contributed by atoms with Gasteiger partial charge in [-0.3, -0.25) is 9.36 Å². The van der Waals surface area contributed by atoms with E-state index in [-0.39, 0.29) is 5.56 Å². The SMILES string of the molecule is C=CCn1c(SCC)nc2sc3c(c2c1=O)CCC(C)C3. The third-order valence-corrected chi connectivity index (χ3v) is 5.97. The minimum Gasteiger partial charge on any atom is -0.283 e. The first-order valence-electron chi connectivity index (χ1n) is 7.44. The second-order valence-electron chi connectivity index (χ2n) is 5.56. The molecule has 0 aromatic carbocycles. The van der Waals surface area contributed by atoms with Crippen molar-refractivity contribution in [2.24, 2.45) is 5.92 Å². The number of thiophene rings is 1. The van der Waals surface area contributed by atoms with Crippen LogP contribution in [0.4, 0.5) is 0 Å². The summed E-state index contributed by atoms with van der Waals surface area (Å²) in [6.07, 6.45) is 5.05. The van der Waals surface area contributed by atoms with E-state index in [4.69, 9.17) is 4.98 Å². The minimum atomic E-state index is 0.114. The molecular formula is C16H20N2OS2. The van der Waals surface area contributed by atoms with Gasteiger partial charge in [-0.25, -0.2) is 4.98 Å². The third-order valence-electron chi connectivity index (χ3n) is 3.97. The van der Waals surface area contributed by atoms with E-state index in [0.717, 1.165) is 34.0 Å². The summed E-state index contributed by atoms with van der Waals surface area (Å²) >= 11 is 3.35. The molecule has 2 aromatic heterocycles. The number of hydrogen-bond donors (Lipinski definition) is 0. The van der Waals surface area contributed by atoms with Gasteiger partial charge >= 0.3 is 0 Å². The van der Waals surface area contributed by atoms with Crippen LogP contribution in [0.2, 0.25) is 0 Å². The molecule has 3 nitrogen and oxygen atoms in total. The van der Waals surface area contributed by atoms with Gasteiger partial charge in [0.1, 0.15) is 4.83 Å². The van der Waals surface area contributed by atoms with Gasteiger partial charge in [-0.2, -0.15) is 0 Å². The first-order valence-corrected chi connectivity index (χ1v) is 9.24. The molecule has 2 heterocycles. The van der Waals surface area contributed by atoms with Crippen LogP contribution in [0, 0.1) is 5.92 Å². The van der Waals surface area contributed by atoms with E-state index in [1.54, 1.807) is 33.7 Å². The number of aryl methyl sites for hydroxylation is 1. The Hall–Kier alpha value is -1.07. The maximum atomic E-state index is 12.9. The average Bonchev–Trinajstić information content (AvgIpc) is 2.80. The average molecular weight is 320 g/mol. The maximum Gasteiger partial charge on any atom is 0.263 e. The molecule has 5 heteroatoms. The standard InChI is InChI=1S/C16H20N2OS2/c1-4-8-18-15(19)13-11-7-6-10(3)9-12(11)21-14(13)17-16(18)20-5-2/h4,10H,1,5-9H2,2-3H3. The molecule has 1 unspecified atom stereocenters. The summed E-state index contributed by atoms with van der Waals surface area (Å²) in [6, 6.07) is 0. The monoisotopic (exact) mass is 320 g/mol. The Morgan fingerprint density at radius 3 is 3.10 bits per heavy atom. The van der Waals surface area contributed by atoms with Crippen LogP contribution in [0.1, 0.15) is 30.7 Å². The van der Waals surface area contributed by atoms with Gasteiger partial charge in [-0.1, -0.05) is 31.7 Å². The van der Waals surface area contributed by atoms with Crippen molar-refractivity contribution in [2.75, 3.05) is 5.75 Å². The fraction of sp³-hybridized carbons (Fsp3) is 0.500. The van der Waals surface area contributed by atoms with E-state index >= 15 is 0 Å². The molecule has 2 aromatic rings. The van der Waals surface area contributed by atoms with Crippen LogP contribution in [0.5, 0.6) is 0 Å². The molecule has 0 spiro atoms. The lowest BCUT2D eigenvalue weighted by Gasteiger charge is -2.17. The number of aromatic nitrogens is 2. The molecule has 112 valence electrons. The van der Waals surface area contributed by atoms with Crippen LogP contribution in [0.3, 0.4) is 0 Å². The van der Waals surface area contributed by atoms with E-state index in [1.807, 2.05) is 0 Å².